The molecule has 2 aromatic carbocycles. The van der Waals surface area contributed by atoms with Gasteiger partial charge in [0, 0.05) is 16.5 Å². The number of hydrogen-bond acceptors (Lipinski definition) is 6. The highest BCUT2D eigenvalue weighted by Crippen LogP contribution is 2.27. The summed E-state index contributed by atoms with van der Waals surface area (Å²) in [5.74, 6) is -1.63. The van der Waals surface area contributed by atoms with Gasteiger partial charge in [0.05, 0.1) is 4.92 Å². The van der Waals surface area contributed by atoms with Crippen LogP contribution < -0.4 is 5.32 Å². The van der Waals surface area contributed by atoms with E-state index in [4.69, 9.17) is 20.8 Å². The van der Waals surface area contributed by atoms with Gasteiger partial charge in [0.1, 0.15) is 11.3 Å². The monoisotopic (exact) mass is 388 g/mol. The number of nitro benzene ring substituents is 1. The van der Waals surface area contributed by atoms with Crippen molar-refractivity contribution in [2.75, 3.05) is 11.9 Å². The number of carbonyl (C=O) groups is 2. The fourth-order valence-corrected chi connectivity index (χ4v) is 2.64. The summed E-state index contributed by atoms with van der Waals surface area (Å²) < 4.78 is 10.3. The molecular weight excluding hydrogens is 376 g/mol. The highest BCUT2D eigenvalue weighted by atomic mass is 35.5. The van der Waals surface area contributed by atoms with Crippen molar-refractivity contribution in [3.05, 3.63) is 68.9 Å². The summed E-state index contributed by atoms with van der Waals surface area (Å²) in [5, 5.41) is 14.6. The first-order valence-corrected chi connectivity index (χ1v) is 8.13. The van der Waals surface area contributed by atoms with Gasteiger partial charge < -0.3 is 14.5 Å². The third-order valence-electron chi connectivity index (χ3n) is 3.73. The van der Waals surface area contributed by atoms with Crippen molar-refractivity contribution < 1.29 is 23.7 Å². The Labute approximate surface area is 157 Å². The van der Waals surface area contributed by atoms with Crippen molar-refractivity contribution in [3.8, 4) is 0 Å². The molecule has 138 valence electrons. The van der Waals surface area contributed by atoms with E-state index in [-0.39, 0.29) is 17.1 Å². The van der Waals surface area contributed by atoms with Crippen LogP contribution in [-0.4, -0.2) is 23.4 Å². The zero-order valence-corrected chi connectivity index (χ0v) is 14.8. The van der Waals surface area contributed by atoms with Crippen LogP contribution in [0.3, 0.4) is 0 Å². The van der Waals surface area contributed by atoms with Crippen LogP contribution in [0, 0.1) is 17.0 Å². The maximum atomic E-state index is 12.1. The lowest BCUT2D eigenvalue weighted by Crippen LogP contribution is -2.21. The predicted octanol–water partition coefficient (Wildman–Crippen LogP) is 4.10. The number of benzene rings is 2. The summed E-state index contributed by atoms with van der Waals surface area (Å²) in [4.78, 5) is 34.6. The molecule has 0 spiro atoms. The molecule has 1 heterocycles. The third-order valence-corrected chi connectivity index (χ3v) is 3.96. The van der Waals surface area contributed by atoms with E-state index < -0.39 is 23.4 Å². The second kappa shape index (κ2) is 7.46. The van der Waals surface area contributed by atoms with Gasteiger partial charge in [-0.1, -0.05) is 23.7 Å². The minimum absolute atomic E-state index is 0.0573. The fourth-order valence-electron chi connectivity index (χ4n) is 2.46. The Morgan fingerprint density at radius 2 is 2.04 bits per heavy atom. The number of para-hydroxylation sites is 1. The molecule has 9 heteroatoms. The van der Waals surface area contributed by atoms with Crippen molar-refractivity contribution in [1.82, 2.24) is 0 Å². The molecule has 0 aliphatic carbocycles. The molecule has 0 unspecified atom stereocenters. The highest BCUT2D eigenvalue weighted by molar-refractivity contribution is 6.31. The molecule has 1 amide bonds. The maximum absolute atomic E-state index is 12.1. The first kappa shape index (κ1) is 18.4. The molecule has 0 fully saturated rings. The number of fused-ring (bicyclic) bond motifs is 1. The zero-order chi connectivity index (χ0) is 19.6. The van der Waals surface area contributed by atoms with Gasteiger partial charge in [0.25, 0.3) is 11.6 Å². The molecular formula is C18H13ClN2O6. The molecule has 27 heavy (non-hydrogen) atoms. The van der Waals surface area contributed by atoms with Gasteiger partial charge in [-0.2, -0.15) is 0 Å². The molecule has 0 atom stereocenters. The van der Waals surface area contributed by atoms with Gasteiger partial charge in [-0.15, -0.1) is 0 Å². The number of ether oxygens (including phenoxy) is 1. The van der Waals surface area contributed by atoms with Crippen LogP contribution in [0.2, 0.25) is 5.02 Å². The van der Waals surface area contributed by atoms with Gasteiger partial charge in [0.2, 0.25) is 5.76 Å². The SMILES string of the molecule is Cc1cccc([N+](=O)[O-])c1NC(=O)COC(=O)c1cc2cc(Cl)ccc2o1. The Kier molecular flexibility index (Phi) is 5.09. The largest absolute Gasteiger partial charge is 0.450 e. The molecule has 0 aliphatic heterocycles. The van der Waals surface area contributed by atoms with E-state index in [0.29, 0.717) is 21.6 Å². The molecule has 3 rings (SSSR count). The standard InChI is InChI=1S/C18H13ClN2O6/c1-10-3-2-4-13(21(24)25)17(10)20-16(22)9-26-18(23)15-8-11-7-12(19)5-6-14(11)27-15/h2-8H,9H2,1H3,(H,20,22). The minimum atomic E-state index is -0.836. The molecule has 0 saturated heterocycles. The number of rotatable bonds is 5. The summed E-state index contributed by atoms with van der Waals surface area (Å²) in [7, 11) is 0. The van der Waals surface area contributed by atoms with Gasteiger partial charge in [-0.25, -0.2) is 4.79 Å². The molecule has 0 aliphatic rings. The Morgan fingerprint density at radius 3 is 2.78 bits per heavy atom. The Balaban J connectivity index is 1.67. The molecule has 0 saturated carbocycles. The normalized spacial score (nSPS) is 10.6. The van der Waals surface area contributed by atoms with Crippen LogP contribution >= 0.6 is 11.6 Å². The number of furan rings is 1. The summed E-state index contributed by atoms with van der Waals surface area (Å²) >= 11 is 5.88. The Morgan fingerprint density at radius 1 is 1.26 bits per heavy atom. The molecule has 0 radical (unpaired) electrons. The van der Waals surface area contributed by atoms with E-state index in [1.807, 2.05) is 0 Å². The van der Waals surface area contributed by atoms with E-state index in [1.165, 1.54) is 18.2 Å². The van der Waals surface area contributed by atoms with Gasteiger partial charge >= 0.3 is 5.97 Å². The van der Waals surface area contributed by atoms with E-state index in [0.717, 1.165) is 0 Å². The molecule has 3 aromatic rings. The number of halogens is 1. The van der Waals surface area contributed by atoms with Crippen molar-refractivity contribution in [3.63, 3.8) is 0 Å². The van der Waals surface area contributed by atoms with Crippen LogP contribution in [0.15, 0.2) is 46.9 Å². The summed E-state index contributed by atoms with van der Waals surface area (Å²) in [6.07, 6.45) is 0. The number of carbonyl (C=O) groups excluding carboxylic acids is 2. The second-order valence-corrected chi connectivity index (χ2v) is 6.08. The summed E-state index contributed by atoms with van der Waals surface area (Å²) in [6.45, 7) is 0.996. The topological polar surface area (TPSA) is 112 Å². The van der Waals surface area contributed by atoms with E-state index >= 15 is 0 Å². The molecule has 8 nitrogen and oxygen atoms in total. The Hall–Kier alpha value is -3.39. The van der Waals surface area contributed by atoms with E-state index in [1.54, 1.807) is 31.2 Å². The number of nitro groups is 1. The third kappa shape index (κ3) is 4.06. The number of esters is 1. The quantitative estimate of drug-likeness (QED) is 0.400. The second-order valence-electron chi connectivity index (χ2n) is 5.64. The van der Waals surface area contributed by atoms with Crippen LogP contribution in [-0.2, 0) is 9.53 Å². The molecule has 1 aromatic heterocycles. The Bertz CT molecular complexity index is 1060. The first-order valence-electron chi connectivity index (χ1n) is 7.75. The van der Waals surface area contributed by atoms with Crippen LogP contribution in [0.4, 0.5) is 11.4 Å². The smallest absolute Gasteiger partial charge is 0.374 e. The lowest BCUT2D eigenvalue weighted by molar-refractivity contribution is -0.384. The van der Waals surface area contributed by atoms with E-state index in [2.05, 4.69) is 5.32 Å². The number of nitrogens with zero attached hydrogens (tertiary/aromatic N) is 1. The number of nitrogens with one attached hydrogen (secondary N) is 1. The van der Waals surface area contributed by atoms with Gasteiger partial charge in [-0.05, 0) is 36.8 Å². The predicted molar refractivity (Wildman–Crippen MR) is 98.0 cm³/mol. The summed E-state index contributed by atoms with van der Waals surface area (Å²) in [6, 6.07) is 10.7. The van der Waals surface area contributed by atoms with Crippen molar-refractivity contribution in [1.29, 1.82) is 0 Å². The lowest BCUT2D eigenvalue weighted by atomic mass is 10.1. The average molecular weight is 389 g/mol. The lowest BCUT2D eigenvalue weighted by Gasteiger charge is -2.08. The van der Waals surface area contributed by atoms with Crippen LogP contribution in [0.1, 0.15) is 16.1 Å². The van der Waals surface area contributed by atoms with Gasteiger partial charge in [0.15, 0.2) is 6.61 Å². The van der Waals surface area contributed by atoms with Crippen LogP contribution in [0.25, 0.3) is 11.0 Å². The molecule has 0 bridgehead atoms. The average Bonchev–Trinajstić information content (AvgIpc) is 3.04. The highest BCUT2D eigenvalue weighted by Gasteiger charge is 2.20. The number of aryl methyl sites for hydroxylation is 1. The van der Waals surface area contributed by atoms with Crippen molar-refractivity contribution in [2.45, 2.75) is 6.92 Å². The number of anilines is 1. The van der Waals surface area contributed by atoms with Crippen LogP contribution in [0.5, 0.6) is 0 Å². The van der Waals surface area contributed by atoms with Crippen molar-refractivity contribution in [2.24, 2.45) is 0 Å². The van der Waals surface area contributed by atoms with E-state index in [9.17, 15) is 19.7 Å². The molecule has 1 N–H and O–H groups in total. The number of hydrogen-bond donors (Lipinski definition) is 1. The van der Waals surface area contributed by atoms with Crippen molar-refractivity contribution >= 4 is 45.8 Å². The van der Waals surface area contributed by atoms with Gasteiger partial charge in [-0.3, -0.25) is 14.9 Å². The maximum Gasteiger partial charge on any atom is 0.374 e. The minimum Gasteiger partial charge on any atom is -0.450 e. The fraction of sp³-hybridized carbons (Fsp3) is 0.111. The zero-order valence-electron chi connectivity index (χ0n) is 14.0. The first-order chi connectivity index (χ1) is 12.8. The number of amides is 1. The summed E-state index contributed by atoms with van der Waals surface area (Å²) in [5.41, 5.74) is 0.773.